The standard InChI is InChI=1S/C15H22N4/c1-10-7-5-6-8-13(10)9-14(17-16)15-11(2)18-19(4)12(15)3/h5-8,14,17H,9,16H2,1-4H3. The fraction of sp³-hybridized carbons (Fsp3) is 0.400. The van der Waals surface area contributed by atoms with Gasteiger partial charge < -0.3 is 0 Å². The number of rotatable bonds is 4. The van der Waals surface area contributed by atoms with E-state index in [0.29, 0.717) is 0 Å². The topological polar surface area (TPSA) is 55.9 Å². The number of benzene rings is 1. The van der Waals surface area contributed by atoms with Crippen LogP contribution in [0.5, 0.6) is 0 Å². The molecule has 0 aliphatic carbocycles. The minimum atomic E-state index is 0.0924. The molecule has 1 unspecified atom stereocenters. The quantitative estimate of drug-likeness (QED) is 0.652. The highest BCUT2D eigenvalue weighted by molar-refractivity contribution is 5.32. The van der Waals surface area contributed by atoms with Crippen LogP contribution in [0.2, 0.25) is 0 Å². The second-order valence-corrected chi connectivity index (χ2v) is 5.06. The monoisotopic (exact) mass is 258 g/mol. The van der Waals surface area contributed by atoms with Crippen LogP contribution >= 0.6 is 0 Å². The summed E-state index contributed by atoms with van der Waals surface area (Å²) in [6.45, 7) is 6.24. The van der Waals surface area contributed by atoms with E-state index in [0.717, 1.165) is 17.8 Å². The summed E-state index contributed by atoms with van der Waals surface area (Å²) >= 11 is 0. The molecule has 0 spiro atoms. The van der Waals surface area contributed by atoms with E-state index in [4.69, 9.17) is 5.84 Å². The fourth-order valence-corrected chi connectivity index (χ4v) is 2.60. The Morgan fingerprint density at radius 3 is 2.47 bits per heavy atom. The van der Waals surface area contributed by atoms with Crippen LogP contribution in [0.1, 0.15) is 34.1 Å². The van der Waals surface area contributed by atoms with Crippen LogP contribution < -0.4 is 11.3 Å². The Morgan fingerprint density at radius 1 is 1.26 bits per heavy atom. The summed E-state index contributed by atoms with van der Waals surface area (Å²) in [6, 6.07) is 8.50. The largest absolute Gasteiger partial charge is 0.272 e. The van der Waals surface area contributed by atoms with Crippen molar-refractivity contribution in [3.8, 4) is 0 Å². The minimum Gasteiger partial charge on any atom is -0.272 e. The molecule has 1 heterocycles. The molecule has 1 aromatic heterocycles. The van der Waals surface area contributed by atoms with E-state index in [9.17, 15) is 0 Å². The Kier molecular flexibility index (Phi) is 4.02. The van der Waals surface area contributed by atoms with Gasteiger partial charge in [-0.1, -0.05) is 24.3 Å². The van der Waals surface area contributed by atoms with Gasteiger partial charge in [-0.05, 0) is 38.3 Å². The summed E-state index contributed by atoms with van der Waals surface area (Å²) in [5, 5.41) is 4.46. The first kappa shape index (κ1) is 13.8. The van der Waals surface area contributed by atoms with Crippen molar-refractivity contribution in [1.29, 1.82) is 0 Å². The first-order valence-corrected chi connectivity index (χ1v) is 6.55. The van der Waals surface area contributed by atoms with Gasteiger partial charge >= 0.3 is 0 Å². The highest BCUT2D eigenvalue weighted by Crippen LogP contribution is 2.25. The molecular formula is C15H22N4. The van der Waals surface area contributed by atoms with Crippen molar-refractivity contribution in [2.75, 3.05) is 0 Å². The highest BCUT2D eigenvalue weighted by Gasteiger charge is 2.19. The van der Waals surface area contributed by atoms with Gasteiger partial charge in [-0.15, -0.1) is 0 Å². The van der Waals surface area contributed by atoms with Crippen molar-refractivity contribution in [3.05, 3.63) is 52.3 Å². The molecule has 1 aromatic carbocycles. The van der Waals surface area contributed by atoms with E-state index in [2.05, 4.69) is 48.6 Å². The average molecular weight is 258 g/mol. The van der Waals surface area contributed by atoms with Crippen LogP contribution in [0, 0.1) is 20.8 Å². The molecule has 3 N–H and O–H groups in total. The van der Waals surface area contributed by atoms with Crippen LogP contribution in [0.3, 0.4) is 0 Å². The Balaban J connectivity index is 2.33. The van der Waals surface area contributed by atoms with Crippen molar-refractivity contribution in [2.24, 2.45) is 12.9 Å². The van der Waals surface area contributed by atoms with Gasteiger partial charge in [0.2, 0.25) is 0 Å². The van der Waals surface area contributed by atoms with Crippen molar-refractivity contribution >= 4 is 0 Å². The number of nitrogens with zero attached hydrogens (tertiary/aromatic N) is 2. The minimum absolute atomic E-state index is 0.0924. The number of nitrogens with two attached hydrogens (primary N) is 1. The smallest absolute Gasteiger partial charge is 0.0644 e. The van der Waals surface area contributed by atoms with Crippen molar-refractivity contribution in [3.63, 3.8) is 0 Å². The van der Waals surface area contributed by atoms with Gasteiger partial charge in [0.15, 0.2) is 0 Å². The Labute approximate surface area is 114 Å². The number of hydrogen-bond donors (Lipinski definition) is 2. The van der Waals surface area contributed by atoms with Crippen molar-refractivity contribution in [1.82, 2.24) is 15.2 Å². The summed E-state index contributed by atoms with van der Waals surface area (Å²) in [7, 11) is 1.97. The summed E-state index contributed by atoms with van der Waals surface area (Å²) < 4.78 is 1.91. The predicted octanol–water partition coefficient (Wildman–Crippen LogP) is 2.09. The van der Waals surface area contributed by atoms with Gasteiger partial charge in [-0.3, -0.25) is 16.0 Å². The first-order chi connectivity index (χ1) is 9.04. The van der Waals surface area contributed by atoms with Crippen molar-refractivity contribution in [2.45, 2.75) is 33.2 Å². The number of nitrogens with one attached hydrogen (secondary N) is 1. The summed E-state index contributed by atoms with van der Waals surface area (Å²) in [6.07, 6.45) is 0.872. The lowest BCUT2D eigenvalue weighted by Gasteiger charge is -2.18. The Morgan fingerprint density at radius 2 is 1.95 bits per heavy atom. The van der Waals surface area contributed by atoms with Gasteiger partial charge in [0.05, 0.1) is 11.7 Å². The Hall–Kier alpha value is -1.65. The van der Waals surface area contributed by atoms with E-state index in [-0.39, 0.29) is 6.04 Å². The molecule has 0 aliphatic heterocycles. The Bertz CT molecular complexity index is 572. The molecule has 0 aliphatic rings. The normalized spacial score (nSPS) is 12.7. The van der Waals surface area contributed by atoms with Crippen LogP contribution in [0.15, 0.2) is 24.3 Å². The molecule has 4 nitrogen and oxygen atoms in total. The van der Waals surface area contributed by atoms with Crippen LogP contribution in [-0.2, 0) is 13.5 Å². The van der Waals surface area contributed by atoms with Crippen LogP contribution in [-0.4, -0.2) is 9.78 Å². The fourth-order valence-electron chi connectivity index (χ4n) is 2.60. The molecule has 2 rings (SSSR count). The first-order valence-electron chi connectivity index (χ1n) is 6.55. The maximum absolute atomic E-state index is 5.76. The van der Waals surface area contributed by atoms with Gasteiger partial charge in [0.1, 0.15) is 0 Å². The van der Waals surface area contributed by atoms with E-state index >= 15 is 0 Å². The van der Waals surface area contributed by atoms with E-state index in [1.807, 2.05) is 18.7 Å². The van der Waals surface area contributed by atoms with E-state index in [1.165, 1.54) is 16.7 Å². The predicted molar refractivity (Wildman–Crippen MR) is 77.6 cm³/mol. The van der Waals surface area contributed by atoms with Crippen LogP contribution in [0.4, 0.5) is 0 Å². The summed E-state index contributed by atoms with van der Waals surface area (Å²) in [5.74, 6) is 5.76. The van der Waals surface area contributed by atoms with Gasteiger partial charge in [0, 0.05) is 18.3 Å². The number of hydrazine groups is 1. The molecule has 1 atom stereocenters. The molecule has 2 aromatic rings. The number of hydrogen-bond acceptors (Lipinski definition) is 3. The van der Waals surface area contributed by atoms with Gasteiger partial charge in [0.25, 0.3) is 0 Å². The lowest BCUT2D eigenvalue weighted by molar-refractivity contribution is 0.545. The second kappa shape index (κ2) is 5.55. The van der Waals surface area contributed by atoms with Gasteiger partial charge in [-0.2, -0.15) is 5.10 Å². The zero-order chi connectivity index (χ0) is 14.0. The molecule has 0 amide bonds. The van der Waals surface area contributed by atoms with Gasteiger partial charge in [-0.25, -0.2) is 0 Å². The summed E-state index contributed by atoms with van der Waals surface area (Å²) in [4.78, 5) is 0. The van der Waals surface area contributed by atoms with Crippen molar-refractivity contribution < 1.29 is 0 Å². The highest BCUT2D eigenvalue weighted by atomic mass is 15.3. The van der Waals surface area contributed by atoms with E-state index in [1.54, 1.807) is 0 Å². The molecule has 0 bridgehead atoms. The summed E-state index contributed by atoms with van der Waals surface area (Å²) in [5.41, 5.74) is 8.94. The van der Waals surface area contributed by atoms with E-state index < -0.39 is 0 Å². The maximum Gasteiger partial charge on any atom is 0.0644 e. The third kappa shape index (κ3) is 2.69. The number of aromatic nitrogens is 2. The number of aryl methyl sites for hydroxylation is 3. The molecule has 4 heteroatoms. The average Bonchev–Trinajstić information content (AvgIpc) is 2.63. The SMILES string of the molecule is Cc1ccccc1CC(NN)c1c(C)nn(C)c1C. The maximum atomic E-state index is 5.76. The van der Waals surface area contributed by atoms with Crippen LogP contribution in [0.25, 0.3) is 0 Å². The molecule has 19 heavy (non-hydrogen) atoms. The third-order valence-electron chi connectivity index (χ3n) is 3.80. The lowest BCUT2D eigenvalue weighted by atomic mass is 9.95. The lowest BCUT2D eigenvalue weighted by Crippen LogP contribution is -2.30. The molecule has 0 saturated heterocycles. The molecule has 0 fully saturated rings. The zero-order valence-corrected chi connectivity index (χ0v) is 12.1. The molecule has 102 valence electrons. The third-order valence-corrected chi connectivity index (χ3v) is 3.80. The molecular weight excluding hydrogens is 236 g/mol. The second-order valence-electron chi connectivity index (χ2n) is 5.06. The molecule has 0 saturated carbocycles. The molecule has 0 radical (unpaired) electrons. The zero-order valence-electron chi connectivity index (χ0n) is 12.1.